The first-order valence-electron chi connectivity index (χ1n) is 21.1. The van der Waals surface area contributed by atoms with Gasteiger partial charge in [0.05, 0.1) is 30.7 Å². The second kappa shape index (κ2) is 21.5. The van der Waals surface area contributed by atoms with Crippen LogP contribution in [-0.4, -0.2) is 90.5 Å². The molecule has 1 saturated heterocycles. The fraction of sp³-hybridized carbons (Fsp3) is 0.600. The van der Waals surface area contributed by atoms with Crippen LogP contribution in [0, 0.1) is 23.6 Å². The second-order valence-electron chi connectivity index (χ2n) is 15.6. The molecule has 0 radical (unpaired) electrons. The number of nitrogens with zero attached hydrogens (tertiary/aromatic N) is 2. The predicted molar refractivity (Wildman–Crippen MR) is 219 cm³/mol. The highest BCUT2D eigenvalue weighted by Crippen LogP contribution is 2.62. The summed E-state index contributed by atoms with van der Waals surface area (Å²) in [4.78, 5) is 22.0. The molecule has 13 heteroatoms. The molecule has 7 unspecified atom stereocenters. The average Bonchev–Trinajstić information content (AvgIpc) is 3.24. The fourth-order valence-electron chi connectivity index (χ4n) is 9.26. The minimum absolute atomic E-state index is 0.0283. The minimum Gasteiger partial charge on any atom is -0.489 e. The van der Waals surface area contributed by atoms with Gasteiger partial charge in [0.1, 0.15) is 36.6 Å². The van der Waals surface area contributed by atoms with Crippen LogP contribution < -0.4 is 9.47 Å². The van der Waals surface area contributed by atoms with E-state index >= 15 is 0 Å². The SMILES string of the molecule is C=CCOC12Oc3ccc(OCc4ccccc4F)cc3C3C(CCCCO)C(CCCCO)C=C(C(=NOC4CCCCO4)CC1N(CCC)C(=O)OCCCl)C32. The van der Waals surface area contributed by atoms with E-state index in [2.05, 4.69) is 12.7 Å². The summed E-state index contributed by atoms with van der Waals surface area (Å²) in [5.41, 5.74) is 2.95. The van der Waals surface area contributed by atoms with Gasteiger partial charge in [-0.3, -0.25) is 4.90 Å². The van der Waals surface area contributed by atoms with Crippen LogP contribution in [0.2, 0.25) is 0 Å². The standard InChI is InChI=1S/C45H60ClFN2O9/c1-3-21-49(44(52)54-26-20-46)40-29-38(48-58-41-17-9-12-25-53-41)35-27-31(13-7-10-22-50)34(15-8-11-23-51)42-36-28-33(55-30-32-14-5-6-16-37(32)47)18-19-39(36)57-45(40,43(35)42)56-24-4-2/h4-6,14,16,18-19,27-28,31,34,40-43,50-51H,2-3,7-13,15,17,20-26,29-30H2,1H3. The number of hydrogen-bond acceptors (Lipinski definition) is 10. The summed E-state index contributed by atoms with van der Waals surface area (Å²) in [6.45, 7) is 7.33. The molecule has 0 bridgehead atoms. The minimum atomic E-state index is -1.42. The number of oxime groups is 1. The highest BCUT2D eigenvalue weighted by Gasteiger charge is 2.65. The molecule has 11 nitrogen and oxygen atoms in total. The largest absolute Gasteiger partial charge is 0.489 e. The van der Waals surface area contributed by atoms with Gasteiger partial charge < -0.3 is 38.7 Å². The van der Waals surface area contributed by atoms with Crippen molar-refractivity contribution >= 4 is 23.4 Å². The Morgan fingerprint density at radius 1 is 1.12 bits per heavy atom. The predicted octanol–water partition coefficient (Wildman–Crippen LogP) is 8.65. The summed E-state index contributed by atoms with van der Waals surface area (Å²) in [5.74, 6) is -1.13. The molecule has 58 heavy (non-hydrogen) atoms. The normalized spacial score (nSPS) is 26.8. The van der Waals surface area contributed by atoms with Crippen molar-refractivity contribution in [3.63, 3.8) is 0 Å². The van der Waals surface area contributed by atoms with Crippen LogP contribution in [-0.2, 0) is 25.7 Å². The van der Waals surface area contributed by atoms with E-state index < -0.39 is 30.1 Å². The topological polar surface area (TPSA) is 129 Å². The van der Waals surface area contributed by atoms with Crippen LogP contribution in [0.15, 0.2) is 71.9 Å². The summed E-state index contributed by atoms with van der Waals surface area (Å²) in [6, 6.07) is 11.5. The summed E-state index contributed by atoms with van der Waals surface area (Å²) in [7, 11) is 0. The molecule has 2 N–H and O–H groups in total. The van der Waals surface area contributed by atoms with Gasteiger partial charge in [-0.05, 0) is 86.6 Å². The Hall–Kier alpha value is -3.68. The number of allylic oxidation sites excluding steroid dienone is 1. The molecule has 2 aromatic rings. The van der Waals surface area contributed by atoms with E-state index in [0.29, 0.717) is 61.6 Å². The first kappa shape index (κ1) is 43.9. The lowest BCUT2D eigenvalue weighted by Crippen LogP contribution is -2.70. The molecule has 2 aliphatic carbocycles. The number of alkyl halides is 1. The smallest absolute Gasteiger partial charge is 0.410 e. The Morgan fingerprint density at radius 2 is 1.93 bits per heavy atom. The van der Waals surface area contributed by atoms with E-state index in [1.807, 2.05) is 25.1 Å². The highest BCUT2D eigenvalue weighted by atomic mass is 35.5. The third kappa shape index (κ3) is 10.0. The Kier molecular flexibility index (Phi) is 16.3. The quantitative estimate of drug-likeness (QED) is 0.0550. The summed E-state index contributed by atoms with van der Waals surface area (Å²) < 4.78 is 46.9. The molecule has 1 saturated carbocycles. The Morgan fingerprint density at radius 3 is 2.66 bits per heavy atom. The van der Waals surface area contributed by atoms with Crippen LogP contribution in [0.3, 0.4) is 0 Å². The van der Waals surface area contributed by atoms with Gasteiger partial charge in [-0.2, -0.15) is 0 Å². The van der Waals surface area contributed by atoms with Crippen molar-refractivity contribution in [2.75, 3.05) is 45.5 Å². The fourth-order valence-corrected chi connectivity index (χ4v) is 9.33. The van der Waals surface area contributed by atoms with E-state index in [1.54, 1.807) is 29.2 Å². The maximum Gasteiger partial charge on any atom is 0.410 e. The molecule has 1 amide bonds. The number of halogens is 2. The number of carbonyl (C=O) groups excluding carboxylic acids is 1. The summed E-state index contributed by atoms with van der Waals surface area (Å²) >= 11 is 6.01. The lowest BCUT2D eigenvalue weighted by molar-refractivity contribution is -0.255. The monoisotopic (exact) mass is 826 g/mol. The third-order valence-electron chi connectivity index (χ3n) is 11.8. The van der Waals surface area contributed by atoms with E-state index in [0.717, 1.165) is 49.7 Å². The first-order valence-corrected chi connectivity index (χ1v) is 21.6. The van der Waals surface area contributed by atoms with Gasteiger partial charge >= 0.3 is 6.09 Å². The number of rotatable bonds is 21. The lowest BCUT2D eigenvalue weighted by atomic mass is 9.55. The number of fused-ring (bicyclic) bond motifs is 2. The van der Waals surface area contributed by atoms with Crippen molar-refractivity contribution in [3.8, 4) is 11.5 Å². The van der Waals surface area contributed by atoms with Crippen LogP contribution in [0.25, 0.3) is 0 Å². The number of aliphatic hydroxyl groups is 2. The van der Waals surface area contributed by atoms with Gasteiger partial charge in [0, 0.05) is 49.6 Å². The molecule has 4 aliphatic rings. The van der Waals surface area contributed by atoms with E-state index in [9.17, 15) is 19.4 Å². The van der Waals surface area contributed by atoms with Crippen molar-refractivity contribution < 1.29 is 47.9 Å². The number of amides is 1. The molecular weight excluding hydrogens is 767 g/mol. The molecule has 6 rings (SSSR count). The maximum absolute atomic E-state index is 14.7. The number of benzene rings is 2. The molecule has 318 valence electrons. The number of unbranched alkanes of at least 4 members (excludes halogenated alkanes) is 2. The van der Waals surface area contributed by atoms with Crippen molar-refractivity contribution in [3.05, 3.63) is 83.7 Å². The molecular formula is C45H60ClFN2O9. The zero-order valence-corrected chi connectivity index (χ0v) is 34.5. The van der Waals surface area contributed by atoms with Crippen molar-refractivity contribution in [1.29, 1.82) is 0 Å². The number of ether oxygens (including phenoxy) is 5. The lowest BCUT2D eigenvalue weighted by Gasteiger charge is -2.60. The van der Waals surface area contributed by atoms with E-state index in [-0.39, 0.29) is 68.9 Å². The molecule has 0 spiro atoms. The van der Waals surface area contributed by atoms with Gasteiger partial charge in [-0.15, -0.1) is 18.2 Å². The Labute approximate surface area is 347 Å². The van der Waals surface area contributed by atoms with Crippen molar-refractivity contribution in [2.45, 2.75) is 108 Å². The highest BCUT2D eigenvalue weighted by molar-refractivity contribution is 6.18. The Bertz CT molecular complexity index is 1720. The van der Waals surface area contributed by atoms with Gasteiger partial charge in [0.2, 0.25) is 12.1 Å². The molecule has 7 atom stereocenters. The van der Waals surface area contributed by atoms with Gasteiger partial charge in [0.25, 0.3) is 0 Å². The number of aliphatic hydroxyl groups excluding tert-OH is 2. The summed E-state index contributed by atoms with van der Waals surface area (Å²) in [6.07, 6.45) is 11.0. The zero-order chi connectivity index (χ0) is 40.9. The van der Waals surface area contributed by atoms with Gasteiger partial charge in [-0.1, -0.05) is 55.3 Å². The van der Waals surface area contributed by atoms with Gasteiger partial charge in [-0.25, -0.2) is 9.18 Å². The van der Waals surface area contributed by atoms with Crippen LogP contribution >= 0.6 is 11.6 Å². The molecule has 2 heterocycles. The number of carbonyl (C=O) groups is 1. The molecule has 2 aromatic carbocycles. The van der Waals surface area contributed by atoms with Crippen molar-refractivity contribution in [2.24, 2.45) is 22.9 Å². The van der Waals surface area contributed by atoms with E-state index in [4.69, 9.17) is 45.3 Å². The van der Waals surface area contributed by atoms with Crippen LogP contribution in [0.4, 0.5) is 9.18 Å². The second-order valence-corrected chi connectivity index (χ2v) is 15.9. The van der Waals surface area contributed by atoms with E-state index in [1.165, 1.54) is 6.07 Å². The van der Waals surface area contributed by atoms with Crippen LogP contribution in [0.1, 0.15) is 94.6 Å². The first-order chi connectivity index (χ1) is 28.4. The molecule has 2 fully saturated rings. The molecule has 0 aromatic heterocycles. The third-order valence-corrected chi connectivity index (χ3v) is 11.9. The van der Waals surface area contributed by atoms with Crippen molar-refractivity contribution in [1.82, 2.24) is 4.90 Å². The van der Waals surface area contributed by atoms with Gasteiger partial charge in [0.15, 0.2) is 0 Å². The summed E-state index contributed by atoms with van der Waals surface area (Å²) in [5, 5.41) is 24.6. The number of hydrogen-bond donors (Lipinski definition) is 2. The maximum atomic E-state index is 14.7. The molecule has 2 aliphatic heterocycles. The zero-order valence-electron chi connectivity index (χ0n) is 33.7. The Balaban J connectivity index is 1.55. The average molecular weight is 827 g/mol. The van der Waals surface area contributed by atoms with Crippen LogP contribution in [0.5, 0.6) is 11.5 Å².